The van der Waals surface area contributed by atoms with Crippen LogP contribution in [0.5, 0.6) is 0 Å². The van der Waals surface area contributed by atoms with Crippen LogP contribution in [0, 0.1) is 0 Å². The molecule has 0 spiro atoms. The second-order valence-electron chi connectivity index (χ2n) is 8.60. The number of hydrogen-bond acceptors (Lipinski definition) is 4. The summed E-state index contributed by atoms with van der Waals surface area (Å²) in [6.07, 6.45) is 3.90. The number of rotatable bonds is 14. The van der Waals surface area contributed by atoms with E-state index in [9.17, 15) is 5.11 Å². The molecule has 3 aromatic rings. The molecule has 0 aliphatic rings. The lowest BCUT2D eigenvalue weighted by Crippen LogP contribution is -2.39. The first-order valence-corrected chi connectivity index (χ1v) is 13.4. The Labute approximate surface area is 204 Å². The highest BCUT2D eigenvalue weighted by atomic mass is 32.2. The fraction of sp³-hybridized carbons (Fsp3) is 0.379. The first kappa shape index (κ1) is 25.5. The van der Waals surface area contributed by atoms with Gasteiger partial charge in [-0.25, -0.2) is 0 Å². The average molecular weight is 463 g/mol. The van der Waals surface area contributed by atoms with Crippen LogP contribution < -0.4 is 10.6 Å². The average Bonchev–Trinajstić information content (AvgIpc) is 2.86. The Kier molecular flexibility index (Phi) is 11.0. The van der Waals surface area contributed by atoms with Crippen molar-refractivity contribution in [3.63, 3.8) is 0 Å². The summed E-state index contributed by atoms with van der Waals surface area (Å²) in [4.78, 5) is 0. The van der Waals surface area contributed by atoms with Crippen LogP contribution in [0.25, 0.3) is 0 Å². The molecule has 3 aromatic carbocycles. The summed E-state index contributed by atoms with van der Waals surface area (Å²) < 4.78 is 0. The Morgan fingerprint density at radius 2 is 1.42 bits per heavy atom. The van der Waals surface area contributed by atoms with Gasteiger partial charge in [0.1, 0.15) is 0 Å². The highest BCUT2D eigenvalue weighted by Gasteiger charge is 2.15. The molecule has 0 saturated heterocycles. The minimum Gasteiger partial charge on any atom is -0.389 e. The van der Waals surface area contributed by atoms with Gasteiger partial charge >= 0.3 is 0 Å². The Bertz CT molecular complexity index is 878. The van der Waals surface area contributed by atoms with Gasteiger partial charge in [0.15, 0.2) is 0 Å². The first-order valence-electron chi connectivity index (χ1n) is 12.0. The zero-order valence-electron chi connectivity index (χ0n) is 19.9. The number of aliphatic hydroxyl groups is 1. The van der Waals surface area contributed by atoms with Gasteiger partial charge in [-0.3, -0.25) is 0 Å². The summed E-state index contributed by atoms with van der Waals surface area (Å²) in [5, 5.41) is 17.5. The van der Waals surface area contributed by atoms with E-state index in [1.165, 1.54) is 16.7 Å². The largest absolute Gasteiger partial charge is 0.389 e. The summed E-state index contributed by atoms with van der Waals surface area (Å²) in [6.45, 7) is 4.52. The molecule has 33 heavy (non-hydrogen) atoms. The van der Waals surface area contributed by atoms with Crippen molar-refractivity contribution in [3.8, 4) is 0 Å². The van der Waals surface area contributed by atoms with Gasteiger partial charge in [-0.05, 0) is 60.6 Å². The van der Waals surface area contributed by atoms with Crippen LogP contribution in [-0.4, -0.2) is 36.2 Å². The van der Waals surface area contributed by atoms with E-state index in [2.05, 4.69) is 83.6 Å². The molecule has 4 heteroatoms. The van der Waals surface area contributed by atoms with Crippen LogP contribution in [0.15, 0.2) is 84.9 Å². The summed E-state index contributed by atoms with van der Waals surface area (Å²) in [6, 6.07) is 30.2. The standard InChI is InChI=1S/C29H38N2OS/c1-23(32)28-16-10-9-15-26(28)21-31-27(18-20-33-2)22-30-19-17-29(24-11-5-3-6-12-24)25-13-7-4-8-14-25/h3-16,23,27,29-32H,17-22H2,1-2H3. The van der Waals surface area contributed by atoms with E-state index in [1.54, 1.807) is 0 Å². The molecule has 0 aliphatic carbocycles. The lowest BCUT2D eigenvalue weighted by Gasteiger charge is -2.22. The maximum Gasteiger partial charge on any atom is 0.0765 e. The second-order valence-corrected chi connectivity index (χ2v) is 9.59. The van der Waals surface area contributed by atoms with E-state index in [-0.39, 0.29) is 0 Å². The van der Waals surface area contributed by atoms with Crippen LogP contribution in [0.2, 0.25) is 0 Å². The van der Waals surface area contributed by atoms with E-state index < -0.39 is 6.10 Å². The zero-order valence-corrected chi connectivity index (χ0v) is 20.7. The molecule has 3 rings (SSSR count). The molecule has 2 unspecified atom stereocenters. The number of thioether (sulfide) groups is 1. The molecule has 2 atom stereocenters. The third-order valence-corrected chi connectivity index (χ3v) is 6.81. The number of aliphatic hydroxyl groups excluding tert-OH is 1. The number of benzene rings is 3. The smallest absolute Gasteiger partial charge is 0.0765 e. The maximum absolute atomic E-state index is 10.1. The molecule has 0 aliphatic heterocycles. The van der Waals surface area contributed by atoms with Crippen molar-refractivity contribution >= 4 is 11.8 Å². The Morgan fingerprint density at radius 3 is 2.03 bits per heavy atom. The fourth-order valence-corrected chi connectivity index (χ4v) is 4.83. The van der Waals surface area contributed by atoms with Crippen LogP contribution in [0.3, 0.4) is 0 Å². The molecular weight excluding hydrogens is 424 g/mol. The van der Waals surface area contributed by atoms with Crippen LogP contribution >= 0.6 is 11.8 Å². The van der Waals surface area contributed by atoms with Crippen molar-refractivity contribution in [1.82, 2.24) is 10.6 Å². The topological polar surface area (TPSA) is 44.3 Å². The fourth-order valence-electron chi connectivity index (χ4n) is 4.31. The molecule has 0 aromatic heterocycles. The Balaban J connectivity index is 1.56. The summed E-state index contributed by atoms with van der Waals surface area (Å²) in [5.41, 5.74) is 4.93. The third-order valence-electron chi connectivity index (χ3n) is 6.16. The first-order chi connectivity index (χ1) is 16.2. The Morgan fingerprint density at radius 1 is 0.818 bits per heavy atom. The van der Waals surface area contributed by atoms with Gasteiger partial charge in [-0.2, -0.15) is 11.8 Å². The molecule has 0 heterocycles. The molecule has 3 nitrogen and oxygen atoms in total. The monoisotopic (exact) mass is 462 g/mol. The predicted octanol–water partition coefficient (Wildman–Crippen LogP) is 5.76. The molecule has 3 N–H and O–H groups in total. The minimum atomic E-state index is -0.446. The van der Waals surface area contributed by atoms with Crippen molar-refractivity contribution < 1.29 is 5.11 Å². The third kappa shape index (κ3) is 8.31. The number of nitrogens with one attached hydrogen (secondary N) is 2. The van der Waals surface area contributed by atoms with E-state index in [0.29, 0.717) is 12.0 Å². The van der Waals surface area contributed by atoms with Gasteiger partial charge in [0, 0.05) is 25.0 Å². The normalized spacial score (nSPS) is 13.2. The van der Waals surface area contributed by atoms with E-state index in [0.717, 1.165) is 43.8 Å². The van der Waals surface area contributed by atoms with Crippen molar-refractivity contribution in [1.29, 1.82) is 0 Å². The lowest BCUT2D eigenvalue weighted by atomic mass is 9.88. The van der Waals surface area contributed by atoms with Crippen molar-refractivity contribution in [3.05, 3.63) is 107 Å². The van der Waals surface area contributed by atoms with Gasteiger partial charge < -0.3 is 15.7 Å². The highest BCUT2D eigenvalue weighted by Crippen LogP contribution is 2.27. The van der Waals surface area contributed by atoms with Gasteiger partial charge in [-0.15, -0.1) is 0 Å². The number of hydrogen-bond donors (Lipinski definition) is 3. The van der Waals surface area contributed by atoms with Crippen LogP contribution in [-0.2, 0) is 6.54 Å². The van der Waals surface area contributed by atoms with E-state index in [4.69, 9.17) is 0 Å². The summed E-state index contributed by atoms with van der Waals surface area (Å²) in [7, 11) is 0. The molecule has 0 fully saturated rings. The van der Waals surface area contributed by atoms with E-state index >= 15 is 0 Å². The van der Waals surface area contributed by atoms with E-state index in [1.807, 2.05) is 36.9 Å². The lowest BCUT2D eigenvalue weighted by molar-refractivity contribution is 0.198. The molecule has 176 valence electrons. The van der Waals surface area contributed by atoms with Crippen LogP contribution in [0.1, 0.15) is 54.0 Å². The molecule has 0 saturated carbocycles. The van der Waals surface area contributed by atoms with Gasteiger partial charge in [-0.1, -0.05) is 84.9 Å². The van der Waals surface area contributed by atoms with Crippen molar-refractivity contribution in [2.75, 3.05) is 25.1 Å². The van der Waals surface area contributed by atoms with Crippen molar-refractivity contribution in [2.45, 2.75) is 44.4 Å². The van der Waals surface area contributed by atoms with Crippen LogP contribution in [0.4, 0.5) is 0 Å². The minimum absolute atomic E-state index is 0.395. The second kappa shape index (κ2) is 14.2. The van der Waals surface area contributed by atoms with Gasteiger partial charge in [0.05, 0.1) is 6.10 Å². The highest BCUT2D eigenvalue weighted by molar-refractivity contribution is 7.98. The molecule has 0 radical (unpaired) electrons. The zero-order chi connectivity index (χ0) is 23.3. The Hall–Kier alpha value is -2.11. The SMILES string of the molecule is CSCCC(CNCCC(c1ccccc1)c1ccccc1)NCc1ccccc1C(C)O. The van der Waals surface area contributed by atoms with Crippen molar-refractivity contribution in [2.24, 2.45) is 0 Å². The molecule has 0 bridgehead atoms. The molecular formula is C29H38N2OS. The quantitative estimate of drug-likeness (QED) is 0.266. The van der Waals surface area contributed by atoms with Gasteiger partial charge in [0.25, 0.3) is 0 Å². The maximum atomic E-state index is 10.1. The molecule has 0 amide bonds. The summed E-state index contributed by atoms with van der Waals surface area (Å²) in [5.74, 6) is 1.53. The summed E-state index contributed by atoms with van der Waals surface area (Å²) >= 11 is 1.89. The predicted molar refractivity (Wildman–Crippen MR) is 143 cm³/mol. The van der Waals surface area contributed by atoms with Gasteiger partial charge in [0.2, 0.25) is 0 Å².